The van der Waals surface area contributed by atoms with Gasteiger partial charge in [0, 0.05) is 6.42 Å². The van der Waals surface area contributed by atoms with Crippen LogP contribution in [-0.4, -0.2) is 11.9 Å². The molecule has 0 heterocycles. The van der Waals surface area contributed by atoms with Crippen LogP contribution in [0, 0.1) is 25.1 Å². The third-order valence-corrected chi connectivity index (χ3v) is 2.06. The van der Waals surface area contributed by atoms with Crippen LogP contribution in [0.1, 0.15) is 12.0 Å². The van der Waals surface area contributed by atoms with Crippen molar-refractivity contribution in [2.75, 3.05) is 5.32 Å². The van der Waals surface area contributed by atoms with Crippen LogP contribution in [0.25, 0.3) is 0 Å². The number of carbonyl (C=O) groups excluding carboxylic acids is 1. The fraction of sp³-hybridized carbons (Fsp3) is 0.250. The zero-order chi connectivity index (χ0) is 12.1. The molecule has 84 valence electrons. The van der Waals surface area contributed by atoms with E-state index in [0.717, 1.165) is 5.56 Å². The van der Waals surface area contributed by atoms with E-state index in [1.165, 1.54) is 12.1 Å². The van der Waals surface area contributed by atoms with E-state index < -0.39 is 17.8 Å². The number of benzene rings is 1. The summed E-state index contributed by atoms with van der Waals surface area (Å²) in [6, 6.07) is 3.71. The molecular weight excluding hydrogens is 207 g/mol. The summed E-state index contributed by atoms with van der Waals surface area (Å²) in [4.78, 5) is 11.4. The van der Waals surface area contributed by atoms with Crippen molar-refractivity contribution < 1.29 is 9.18 Å². The van der Waals surface area contributed by atoms with Crippen molar-refractivity contribution in [3.8, 4) is 12.3 Å². The third-order valence-electron chi connectivity index (χ3n) is 2.06. The van der Waals surface area contributed by atoms with E-state index >= 15 is 0 Å². The lowest BCUT2D eigenvalue weighted by Gasteiger charge is -2.10. The molecule has 1 atom stereocenters. The molecule has 0 saturated heterocycles. The minimum atomic E-state index is -0.814. The molecule has 0 aliphatic heterocycles. The Balaban J connectivity index is 2.74. The largest absolute Gasteiger partial charge is 0.322 e. The number of nitrogens with one attached hydrogen (secondary N) is 1. The summed E-state index contributed by atoms with van der Waals surface area (Å²) in [5.74, 6) is 1.31. The maximum Gasteiger partial charge on any atom is 0.242 e. The first-order chi connectivity index (χ1) is 7.54. The van der Waals surface area contributed by atoms with Crippen molar-refractivity contribution in [3.05, 3.63) is 29.6 Å². The van der Waals surface area contributed by atoms with Gasteiger partial charge in [-0.05, 0) is 24.6 Å². The van der Waals surface area contributed by atoms with Crippen LogP contribution in [0.4, 0.5) is 10.1 Å². The minimum absolute atomic E-state index is 0.114. The summed E-state index contributed by atoms with van der Waals surface area (Å²) >= 11 is 0. The maximum absolute atomic E-state index is 13.4. The van der Waals surface area contributed by atoms with Gasteiger partial charge in [0.2, 0.25) is 5.91 Å². The molecule has 16 heavy (non-hydrogen) atoms. The summed E-state index contributed by atoms with van der Waals surface area (Å²) in [5.41, 5.74) is 6.37. The summed E-state index contributed by atoms with van der Waals surface area (Å²) < 4.78 is 13.4. The highest BCUT2D eigenvalue weighted by molar-refractivity contribution is 5.94. The molecule has 0 aliphatic carbocycles. The number of halogens is 1. The Bertz CT molecular complexity index is 437. The second kappa shape index (κ2) is 5.29. The average Bonchev–Trinajstić information content (AvgIpc) is 2.22. The van der Waals surface area contributed by atoms with Gasteiger partial charge in [-0.1, -0.05) is 6.07 Å². The van der Waals surface area contributed by atoms with Gasteiger partial charge in [-0.3, -0.25) is 4.79 Å². The zero-order valence-electron chi connectivity index (χ0n) is 8.96. The van der Waals surface area contributed by atoms with Crippen LogP contribution >= 0.6 is 0 Å². The van der Waals surface area contributed by atoms with Crippen LogP contribution < -0.4 is 11.1 Å². The zero-order valence-corrected chi connectivity index (χ0v) is 8.96. The third kappa shape index (κ3) is 3.07. The molecule has 1 unspecified atom stereocenters. The Morgan fingerprint density at radius 1 is 1.69 bits per heavy atom. The van der Waals surface area contributed by atoms with E-state index in [1.807, 2.05) is 0 Å². The second-order valence-electron chi connectivity index (χ2n) is 3.49. The van der Waals surface area contributed by atoms with Crippen LogP contribution in [0.3, 0.4) is 0 Å². The topological polar surface area (TPSA) is 55.1 Å². The molecule has 0 bridgehead atoms. The number of rotatable bonds is 3. The van der Waals surface area contributed by atoms with Crippen molar-refractivity contribution in [3.63, 3.8) is 0 Å². The quantitative estimate of drug-likeness (QED) is 0.757. The van der Waals surface area contributed by atoms with Gasteiger partial charge in [0.05, 0.1) is 11.7 Å². The van der Waals surface area contributed by atoms with Gasteiger partial charge in [0.15, 0.2) is 0 Å². The van der Waals surface area contributed by atoms with Crippen molar-refractivity contribution in [1.29, 1.82) is 0 Å². The molecular formula is C12H13FN2O. The summed E-state index contributed by atoms with van der Waals surface area (Å²) in [6.07, 6.45) is 5.15. The summed E-state index contributed by atoms with van der Waals surface area (Å²) in [5, 5.41) is 2.39. The van der Waals surface area contributed by atoms with Gasteiger partial charge in [0.1, 0.15) is 5.82 Å². The van der Waals surface area contributed by atoms with Gasteiger partial charge >= 0.3 is 0 Å². The number of nitrogens with two attached hydrogens (primary N) is 1. The second-order valence-corrected chi connectivity index (χ2v) is 3.49. The first-order valence-electron chi connectivity index (χ1n) is 4.80. The van der Waals surface area contributed by atoms with Crippen molar-refractivity contribution >= 4 is 11.6 Å². The van der Waals surface area contributed by atoms with E-state index in [0.29, 0.717) is 0 Å². The Hall–Kier alpha value is -1.86. The first kappa shape index (κ1) is 12.2. The van der Waals surface area contributed by atoms with E-state index in [4.69, 9.17) is 12.2 Å². The molecule has 0 aliphatic rings. The molecule has 1 amide bonds. The summed E-state index contributed by atoms with van der Waals surface area (Å²) in [6.45, 7) is 1.76. The molecule has 0 saturated carbocycles. The lowest BCUT2D eigenvalue weighted by molar-refractivity contribution is -0.117. The van der Waals surface area contributed by atoms with Crippen LogP contribution in [-0.2, 0) is 4.79 Å². The molecule has 1 rings (SSSR count). The van der Waals surface area contributed by atoms with Crippen LogP contribution in [0.15, 0.2) is 18.2 Å². The van der Waals surface area contributed by atoms with E-state index in [9.17, 15) is 9.18 Å². The van der Waals surface area contributed by atoms with Crippen LogP contribution in [0.5, 0.6) is 0 Å². The molecule has 0 aromatic heterocycles. The van der Waals surface area contributed by atoms with Gasteiger partial charge in [-0.25, -0.2) is 4.39 Å². The smallest absolute Gasteiger partial charge is 0.242 e. The predicted molar refractivity (Wildman–Crippen MR) is 61.2 cm³/mol. The SMILES string of the molecule is C#CCC(N)C(=O)Nc1ccc(C)cc1F. The fourth-order valence-electron chi connectivity index (χ4n) is 1.17. The number of hydrogen-bond acceptors (Lipinski definition) is 2. The van der Waals surface area contributed by atoms with E-state index in [-0.39, 0.29) is 12.1 Å². The monoisotopic (exact) mass is 220 g/mol. The number of aryl methyl sites for hydroxylation is 1. The average molecular weight is 220 g/mol. The predicted octanol–water partition coefficient (Wildman–Crippen LogP) is 1.42. The Kier molecular flexibility index (Phi) is 4.03. The molecule has 0 radical (unpaired) electrons. The number of carbonyl (C=O) groups is 1. The Labute approximate surface area is 93.8 Å². The van der Waals surface area contributed by atoms with Crippen molar-refractivity contribution in [2.24, 2.45) is 5.73 Å². The lowest BCUT2D eigenvalue weighted by Crippen LogP contribution is -2.35. The lowest BCUT2D eigenvalue weighted by atomic mass is 10.2. The van der Waals surface area contributed by atoms with Gasteiger partial charge < -0.3 is 11.1 Å². The number of amides is 1. The number of anilines is 1. The first-order valence-corrected chi connectivity index (χ1v) is 4.80. The molecule has 4 heteroatoms. The van der Waals surface area contributed by atoms with Gasteiger partial charge in [-0.2, -0.15) is 0 Å². The normalized spacial score (nSPS) is 11.6. The standard InChI is InChI=1S/C12H13FN2O/c1-3-4-10(14)12(16)15-11-6-5-8(2)7-9(11)13/h1,5-7,10H,4,14H2,2H3,(H,15,16). The molecule has 3 nitrogen and oxygen atoms in total. The molecule has 3 N–H and O–H groups in total. The highest BCUT2D eigenvalue weighted by Gasteiger charge is 2.13. The highest BCUT2D eigenvalue weighted by atomic mass is 19.1. The number of hydrogen-bond donors (Lipinski definition) is 2. The Morgan fingerprint density at radius 2 is 2.38 bits per heavy atom. The molecule has 0 fully saturated rings. The molecule has 1 aromatic rings. The Morgan fingerprint density at radius 3 is 2.94 bits per heavy atom. The van der Waals surface area contributed by atoms with E-state index in [1.54, 1.807) is 13.0 Å². The van der Waals surface area contributed by atoms with Gasteiger partial charge in [0.25, 0.3) is 0 Å². The molecule has 1 aromatic carbocycles. The maximum atomic E-state index is 13.4. The highest BCUT2D eigenvalue weighted by Crippen LogP contribution is 2.15. The summed E-state index contributed by atoms with van der Waals surface area (Å²) in [7, 11) is 0. The fourth-order valence-corrected chi connectivity index (χ4v) is 1.17. The van der Waals surface area contributed by atoms with Crippen molar-refractivity contribution in [1.82, 2.24) is 0 Å². The minimum Gasteiger partial charge on any atom is -0.322 e. The van der Waals surface area contributed by atoms with Gasteiger partial charge in [-0.15, -0.1) is 12.3 Å². The van der Waals surface area contributed by atoms with Crippen LogP contribution in [0.2, 0.25) is 0 Å². The van der Waals surface area contributed by atoms with E-state index in [2.05, 4.69) is 11.2 Å². The van der Waals surface area contributed by atoms with Crippen molar-refractivity contribution in [2.45, 2.75) is 19.4 Å². The number of terminal acetylenes is 1. The molecule has 0 spiro atoms.